The van der Waals surface area contributed by atoms with Gasteiger partial charge in [0.25, 0.3) is 0 Å². The molecule has 27 heavy (non-hydrogen) atoms. The molecule has 140 valence electrons. The van der Waals surface area contributed by atoms with E-state index in [1.807, 2.05) is 48.5 Å². The first-order chi connectivity index (χ1) is 13.3. The van der Waals surface area contributed by atoms with E-state index in [4.69, 9.17) is 14.0 Å². The molecule has 0 N–H and O–H groups in total. The standard InChI is InChI=1S/C22H24N2O3/c1-25-18-8-9-22(26-2)20(12-18)17-10-11-24(14-17)15-19-13-21(23-27-19)16-6-4-3-5-7-16/h3-9,12-13,17H,10-11,14-15H2,1-2H3/t17-/m1/s1. The zero-order valence-electron chi connectivity index (χ0n) is 15.7. The van der Waals surface area contributed by atoms with Crippen LogP contribution in [-0.4, -0.2) is 37.4 Å². The molecule has 1 aromatic heterocycles. The minimum Gasteiger partial charge on any atom is -0.497 e. The lowest BCUT2D eigenvalue weighted by atomic mass is 9.97. The Morgan fingerprint density at radius 1 is 1.07 bits per heavy atom. The number of hydrogen-bond donors (Lipinski definition) is 0. The number of aromatic nitrogens is 1. The first-order valence-electron chi connectivity index (χ1n) is 9.22. The van der Waals surface area contributed by atoms with Crippen molar-refractivity contribution in [2.24, 2.45) is 0 Å². The molecule has 0 spiro atoms. The van der Waals surface area contributed by atoms with Gasteiger partial charge in [0.15, 0.2) is 5.76 Å². The quantitative estimate of drug-likeness (QED) is 0.651. The van der Waals surface area contributed by atoms with Crippen molar-refractivity contribution in [3.63, 3.8) is 0 Å². The molecular weight excluding hydrogens is 340 g/mol. The number of methoxy groups -OCH3 is 2. The Morgan fingerprint density at radius 3 is 2.70 bits per heavy atom. The minimum absolute atomic E-state index is 0.423. The SMILES string of the molecule is COc1ccc(OC)c([C@@H]2CCN(Cc3cc(-c4ccccc4)no3)C2)c1. The summed E-state index contributed by atoms with van der Waals surface area (Å²) in [5, 5.41) is 4.22. The third kappa shape index (κ3) is 3.83. The molecule has 0 amide bonds. The third-order valence-electron chi connectivity index (χ3n) is 5.16. The maximum absolute atomic E-state index is 5.57. The van der Waals surface area contributed by atoms with E-state index >= 15 is 0 Å². The number of hydrogen-bond acceptors (Lipinski definition) is 5. The Balaban J connectivity index is 1.44. The van der Waals surface area contributed by atoms with E-state index in [-0.39, 0.29) is 0 Å². The Labute approximate surface area is 159 Å². The molecule has 1 aliphatic heterocycles. The highest BCUT2D eigenvalue weighted by molar-refractivity contribution is 5.58. The smallest absolute Gasteiger partial charge is 0.151 e. The Kier molecular flexibility index (Phi) is 5.12. The molecular formula is C22H24N2O3. The van der Waals surface area contributed by atoms with Crippen LogP contribution < -0.4 is 9.47 Å². The van der Waals surface area contributed by atoms with E-state index in [0.29, 0.717) is 5.92 Å². The van der Waals surface area contributed by atoms with Crippen molar-refractivity contribution in [1.82, 2.24) is 10.1 Å². The molecule has 0 radical (unpaired) electrons. The largest absolute Gasteiger partial charge is 0.497 e. The van der Waals surface area contributed by atoms with Crippen molar-refractivity contribution in [2.45, 2.75) is 18.9 Å². The van der Waals surface area contributed by atoms with Gasteiger partial charge in [0.2, 0.25) is 0 Å². The highest BCUT2D eigenvalue weighted by Crippen LogP contribution is 2.36. The molecule has 0 aliphatic carbocycles. The van der Waals surface area contributed by atoms with Crippen LogP contribution in [0.2, 0.25) is 0 Å². The molecule has 0 bridgehead atoms. The summed E-state index contributed by atoms with van der Waals surface area (Å²) in [5.74, 6) is 3.11. The van der Waals surface area contributed by atoms with Gasteiger partial charge < -0.3 is 14.0 Å². The summed E-state index contributed by atoms with van der Waals surface area (Å²) in [5.41, 5.74) is 3.17. The van der Waals surface area contributed by atoms with Crippen LogP contribution in [0, 0.1) is 0 Å². The van der Waals surface area contributed by atoms with E-state index in [9.17, 15) is 0 Å². The van der Waals surface area contributed by atoms with Crippen molar-refractivity contribution in [1.29, 1.82) is 0 Å². The topological polar surface area (TPSA) is 47.7 Å². The fourth-order valence-electron chi connectivity index (χ4n) is 3.74. The Morgan fingerprint density at radius 2 is 1.93 bits per heavy atom. The summed E-state index contributed by atoms with van der Waals surface area (Å²) in [6.45, 7) is 2.75. The molecule has 1 fully saturated rings. The third-order valence-corrected chi connectivity index (χ3v) is 5.16. The van der Waals surface area contributed by atoms with E-state index in [1.165, 1.54) is 5.56 Å². The van der Waals surface area contributed by atoms with Crippen LogP contribution in [-0.2, 0) is 6.54 Å². The lowest BCUT2D eigenvalue weighted by molar-refractivity contribution is 0.271. The van der Waals surface area contributed by atoms with E-state index < -0.39 is 0 Å². The van der Waals surface area contributed by atoms with Crippen molar-refractivity contribution in [3.05, 3.63) is 65.9 Å². The summed E-state index contributed by atoms with van der Waals surface area (Å²) >= 11 is 0. The van der Waals surface area contributed by atoms with E-state index in [2.05, 4.69) is 16.1 Å². The number of ether oxygens (including phenoxy) is 2. The van der Waals surface area contributed by atoms with Crippen molar-refractivity contribution in [2.75, 3.05) is 27.3 Å². The average molecular weight is 364 g/mol. The van der Waals surface area contributed by atoms with Crippen LogP contribution in [0.3, 0.4) is 0 Å². The van der Waals surface area contributed by atoms with Crippen LogP contribution in [0.1, 0.15) is 23.7 Å². The van der Waals surface area contributed by atoms with Crippen LogP contribution in [0.25, 0.3) is 11.3 Å². The van der Waals surface area contributed by atoms with Gasteiger partial charge in [-0.2, -0.15) is 0 Å². The molecule has 1 atom stereocenters. The summed E-state index contributed by atoms with van der Waals surface area (Å²) in [7, 11) is 3.42. The molecule has 1 aliphatic rings. The molecule has 1 saturated heterocycles. The van der Waals surface area contributed by atoms with Gasteiger partial charge >= 0.3 is 0 Å². The predicted octanol–water partition coefficient (Wildman–Crippen LogP) is 4.35. The average Bonchev–Trinajstić information content (AvgIpc) is 3.38. The second-order valence-electron chi connectivity index (χ2n) is 6.87. The molecule has 2 aromatic carbocycles. The minimum atomic E-state index is 0.423. The van der Waals surface area contributed by atoms with Crippen molar-refractivity contribution >= 4 is 0 Å². The monoisotopic (exact) mass is 364 g/mol. The summed E-state index contributed by atoms with van der Waals surface area (Å²) < 4.78 is 16.5. The highest BCUT2D eigenvalue weighted by atomic mass is 16.5. The molecule has 0 unspecified atom stereocenters. The number of nitrogens with zero attached hydrogens (tertiary/aromatic N) is 2. The summed E-state index contributed by atoms with van der Waals surface area (Å²) in [6.07, 6.45) is 1.09. The summed E-state index contributed by atoms with van der Waals surface area (Å²) in [6, 6.07) is 18.2. The van der Waals surface area contributed by atoms with Crippen LogP contribution >= 0.6 is 0 Å². The van der Waals surface area contributed by atoms with Gasteiger partial charge in [-0.3, -0.25) is 4.90 Å². The van der Waals surface area contributed by atoms with Crippen LogP contribution in [0.4, 0.5) is 0 Å². The fraction of sp³-hybridized carbons (Fsp3) is 0.318. The molecule has 0 saturated carbocycles. The molecule has 5 heteroatoms. The zero-order valence-corrected chi connectivity index (χ0v) is 15.7. The molecule has 5 nitrogen and oxygen atoms in total. The lowest BCUT2D eigenvalue weighted by Gasteiger charge is -2.17. The number of likely N-dealkylation sites (tertiary alicyclic amines) is 1. The van der Waals surface area contributed by atoms with Gasteiger partial charge in [-0.25, -0.2) is 0 Å². The molecule has 2 heterocycles. The van der Waals surface area contributed by atoms with Gasteiger partial charge in [0, 0.05) is 29.7 Å². The van der Waals surface area contributed by atoms with Gasteiger partial charge in [-0.1, -0.05) is 35.5 Å². The molecule has 3 aromatic rings. The number of rotatable bonds is 6. The summed E-state index contributed by atoms with van der Waals surface area (Å²) in [4.78, 5) is 2.40. The van der Waals surface area contributed by atoms with Crippen LogP contribution in [0.5, 0.6) is 11.5 Å². The van der Waals surface area contributed by atoms with Gasteiger partial charge in [-0.15, -0.1) is 0 Å². The Hall–Kier alpha value is -2.79. The normalized spacial score (nSPS) is 17.2. The fourth-order valence-corrected chi connectivity index (χ4v) is 3.74. The van der Waals surface area contributed by atoms with Crippen molar-refractivity contribution < 1.29 is 14.0 Å². The number of benzene rings is 2. The van der Waals surface area contributed by atoms with E-state index in [1.54, 1.807) is 14.2 Å². The second kappa shape index (κ2) is 7.84. The maximum Gasteiger partial charge on any atom is 0.151 e. The predicted molar refractivity (Wildman–Crippen MR) is 104 cm³/mol. The first-order valence-corrected chi connectivity index (χ1v) is 9.22. The van der Waals surface area contributed by atoms with Gasteiger partial charge in [-0.05, 0) is 31.2 Å². The van der Waals surface area contributed by atoms with Gasteiger partial charge in [0.1, 0.15) is 17.2 Å². The lowest BCUT2D eigenvalue weighted by Crippen LogP contribution is -2.19. The second-order valence-corrected chi connectivity index (χ2v) is 6.87. The Bertz CT molecular complexity index is 892. The highest BCUT2D eigenvalue weighted by Gasteiger charge is 2.27. The molecule has 4 rings (SSSR count). The maximum atomic E-state index is 5.57. The van der Waals surface area contributed by atoms with Gasteiger partial charge in [0.05, 0.1) is 20.8 Å². The van der Waals surface area contributed by atoms with Crippen molar-refractivity contribution in [3.8, 4) is 22.8 Å². The van der Waals surface area contributed by atoms with E-state index in [0.717, 1.165) is 54.6 Å². The zero-order chi connectivity index (χ0) is 18.6. The first kappa shape index (κ1) is 17.6. The van der Waals surface area contributed by atoms with Crippen LogP contribution in [0.15, 0.2) is 59.1 Å².